The van der Waals surface area contributed by atoms with E-state index >= 15 is 0 Å². The molecule has 2 nitrogen and oxygen atoms in total. The van der Waals surface area contributed by atoms with Crippen LogP contribution in [0, 0.1) is 29.0 Å². The number of benzene rings is 1. The van der Waals surface area contributed by atoms with E-state index in [1.807, 2.05) is 6.92 Å². The molecule has 0 aliphatic heterocycles. The number of nitrogens with zero attached hydrogens (tertiary/aromatic N) is 1. The molecule has 0 unspecified atom stereocenters. The largest absolute Gasteiger partial charge is 0.494 e. The Hall–Kier alpha value is -2.00. The second-order valence-corrected chi connectivity index (χ2v) is 2.47. The summed E-state index contributed by atoms with van der Waals surface area (Å²) in [4.78, 5) is 0. The maximum Gasteiger partial charge on any atom is 0.152 e. The molecule has 1 aromatic carbocycles. The van der Waals surface area contributed by atoms with E-state index in [-0.39, 0.29) is 0 Å². The van der Waals surface area contributed by atoms with Gasteiger partial charge in [-0.2, -0.15) is 5.26 Å². The van der Waals surface area contributed by atoms with Crippen molar-refractivity contribution < 1.29 is 9.13 Å². The molecule has 1 rings (SSSR count). The van der Waals surface area contributed by atoms with Crippen molar-refractivity contribution in [3.63, 3.8) is 0 Å². The average Bonchev–Trinajstić information content (AvgIpc) is 2.14. The summed E-state index contributed by atoms with van der Waals surface area (Å²) in [5.41, 5.74) is 0.440. The van der Waals surface area contributed by atoms with Crippen molar-refractivity contribution in [1.82, 2.24) is 0 Å². The summed E-state index contributed by atoms with van der Waals surface area (Å²) in [6.45, 7) is 2.28. The van der Waals surface area contributed by atoms with Crippen LogP contribution in [0.25, 0.3) is 0 Å². The smallest absolute Gasteiger partial charge is 0.152 e. The maximum atomic E-state index is 12.9. The van der Waals surface area contributed by atoms with Gasteiger partial charge in [-0.15, -0.1) is 0 Å². The first-order valence-electron chi connectivity index (χ1n) is 4.09. The number of hydrogen-bond donors (Lipinski definition) is 0. The van der Waals surface area contributed by atoms with Crippen LogP contribution in [-0.4, -0.2) is 6.61 Å². The molecule has 0 N–H and O–H groups in total. The fourth-order valence-electron chi connectivity index (χ4n) is 0.985. The third-order valence-corrected chi connectivity index (χ3v) is 1.45. The molecule has 3 heteroatoms. The third kappa shape index (κ3) is 2.80. The van der Waals surface area contributed by atoms with Crippen LogP contribution in [0.4, 0.5) is 4.39 Å². The number of ether oxygens (including phenoxy) is 1. The Labute approximate surface area is 81.9 Å². The highest BCUT2D eigenvalue weighted by atomic mass is 19.1. The predicted molar refractivity (Wildman–Crippen MR) is 50.1 cm³/mol. The highest BCUT2D eigenvalue weighted by Gasteiger charge is 1.98. The monoisotopic (exact) mass is 189 g/mol. The SMILES string of the molecule is CCOc1cc(F)cc(C#CC#N)c1. The number of rotatable bonds is 2. The van der Waals surface area contributed by atoms with Crippen molar-refractivity contribution in [2.75, 3.05) is 6.61 Å². The standard InChI is InChI=1S/C11H8FNO/c1-2-14-11-7-9(4-3-5-13)6-10(12)8-11/h6-8H,2H2,1H3. The fraction of sp³-hybridized carbons (Fsp3) is 0.182. The van der Waals surface area contributed by atoms with Crippen LogP contribution < -0.4 is 4.74 Å². The molecular weight excluding hydrogens is 181 g/mol. The molecule has 0 amide bonds. The summed E-state index contributed by atoms with van der Waals surface area (Å²) in [7, 11) is 0. The lowest BCUT2D eigenvalue weighted by atomic mass is 10.2. The topological polar surface area (TPSA) is 33.0 Å². The Bertz CT molecular complexity index is 423. The van der Waals surface area contributed by atoms with Gasteiger partial charge in [-0.25, -0.2) is 4.39 Å². The van der Waals surface area contributed by atoms with E-state index in [4.69, 9.17) is 10.00 Å². The van der Waals surface area contributed by atoms with Gasteiger partial charge in [0, 0.05) is 17.6 Å². The summed E-state index contributed by atoms with van der Waals surface area (Å²) < 4.78 is 18.1. The molecule has 0 aliphatic rings. The fourth-order valence-corrected chi connectivity index (χ4v) is 0.985. The molecule has 0 saturated heterocycles. The first kappa shape index (κ1) is 10.1. The Kier molecular flexibility index (Phi) is 3.52. The minimum Gasteiger partial charge on any atom is -0.494 e. The van der Waals surface area contributed by atoms with E-state index in [1.165, 1.54) is 12.1 Å². The number of nitriles is 1. The van der Waals surface area contributed by atoms with Gasteiger partial charge in [0.1, 0.15) is 11.6 Å². The molecule has 0 spiro atoms. The molecule has 0 saturated carbocycles. The van der Waals surface area contributed by atoms with Crippen molar-refractivity contribution in [3.8, 4) is 23.7 Å². The highest BCUT2D eigenvalue weighted by Crippen LogP contribution is 2.15. The van der Waals surface area contributed by atoms with Gasteiger partial charge >= 0.3 is 0 Å². The summed E-state index contributed by atoms with van der Waals surface area (Å²) >= 11 is 0. The van der Waals surface area contributed by atoms with Gasteiger partial charge < -0.3 is 4.74 Å². The summed E-state index contributed by atoms with van der Waals surface area (Å²) in [5.74, 6) is 4.70. The Morgan fingerprint density at radius 2 is 2.21 bits per heavy atom. The van der Waals surface area contributed by atoms with Crippen molar-refractivity contribution in [3.05, 3.63) is 29.6 Å². The zero-order valence-electron chi connectivity index (χ0n) is 7.67. The molecule has 0 fully saturated rings. The van der Waals surface area contributed by atoms with Gasteiger partial charge in [-0.05, 0) is 19.1 Å². The minimum absolute atomic E-state index is 0.418. The quantitative estimate of drug-likeness (QED) is 0.667. The molecule has 1 aromatic rings. The van der Waals surface area contributed by atoms with Crippen LogP contribution in [0.3, 0.4) is 0 Å². The van der Waals surface area contributed by atoms with Crippen molar-refractivity contribution >= 4 is 0 Å². The first-order chi connectivity index (χ1) is 6.76. The summed E-state index contributed by atoms with van der Waals surface area (Å²) in [6.07, 6.45) is 0. The lowest BCUT2D eigenvalue weighted by molar-refractivity contribution is 0.338. The van der Waals surface area contributed by atoms with Gasteiger partial charge in [0.05, 0.1) is 6.61 Å². The van der Waals surface area contributed by atoms with E-state index in [9.17, 15) is 4.39 Å². The third-order valence-electron chi connectivity index (χ3n) is 1.45. The average molecular weight is 189 g/mol. The van der Waals surface area contributed by atoms with Crippen molar-refractivity contribution in [1.29, 1.82) is 5.26 Å². The number of hydrogen-bond acceptors (Lipinski definition) is 2. The predicted octanol–water partition coefficient (Wildman–Crippen LogP) is 2.10. The van der Waals surface area contributed by atoms with Crippen molar-refractivity contribution in [2.24, 2.45) is 0 Å². The molecule has 0 aliphatic carbocycles. The minimum atomic E-state index is -0.418. The normalized spacial score (nSPS) is 8.36. The van der Waals surface area contributed by atoms with Crippen LogP contribution in [-0.2, 0) is 0 Å². The lowest BCUT2D eigenvalue weighted by Gasteiger charge is -2.02. The molecule has 0 bridgehead atoms. The Balaban J connectivity index is 3.02. The van der Waals surface area contributed by atoms with Gasteiger partial charge in [-0.3, -0.25) is 0 Å². The highest BCUT2D eigenvalue weighted by molar-refractivity contribution is 5.42. The first-order valence-corrected chi connectivity index (χ1v) is 4.09. The summed E-state index contributed by atoms with van der Waals surface area (Å²) in [6, 6.07) is 5.79. The summed E-state index contributed by atoms with van der Waals surface area (Å²) in [5, 5.41) is 8.22. The van der Waals surface area contributed by atoms with E-state index < -0.39 is 5.82 Å². The Morgan fingerprint density at radius 3 is 2.86 bits per heavy atom. The molecule has 0 atom stereocenters. The van der Waals surface area contributed by atoms with E-state index in [2.05, 4.69) is 11.8 Å². The van der Waals surface area contributed by atoms with Crippen LogP contribution in [0.15, 0.2) is 18.2 Å². The molecule has 14 heavy (non-hydrogen) atoms. The molecule has 0 heterocycles. The molecular formula is C11H8FNO. The van der Waals surface area contributed by atoms with E-state index in [0.717, 1.165) is 0 Å². The van der Waals surface area contributed by atoms with Crippen LogP contribution >= 0.6 is 0 Å². The number of halogens is 1. The van der Waals surface area contributed by atoms with Crippen LogP contribution in [0.1, 0.15) is 12.5 Å². The van der Waals surface area contributed by atoms with Gasteiger partial charge in [0.25, 0.3) is 0 Å². The van der Waals surface area contributed by atoms with Crippen molar-refractivity contribution in [2.45, 2.75) is 6.92 Å². The van der Waals surface area contributed by atoms with E-state index in [0.29, 0.717) is 17.9 Å². The molecule has 70 valence electrons. The second kappa shape index (κ2) is 4.89. The second-order valence-electron chi connectivity index (χ2n) is 2.47. The maximum absolute atomic E-state index is 12.9. The van der Waals surface area contributed by atoms with Gasteiger partial charge in [-0.1, -0.05) is 5.92 Å². The van der Waals surface area contributed by atoms with Crippen LogP contribution in [0.5, 0.6) is 5.75 Å². The molecule has 0 aromatic heterocycles. The Morgan fingerprint density at radius 1 is 1.43 bits per heavy atom. The zero-order chi connectivity index (χ0) is 10.4. The lowest BCUT2D eigenvalue weighted by Crippen LogP contribution is -1.92. The zero-order valence-corrected chi connectivity index (χ0v) is 7.67. The van der Waals surface area contributed by atoms with E-state index in [1.54, 1.807) is 12.1 Å². The van der Waals surface area contributed by atoms with Crippen LogP contribution in [0.2, 0.25) is 0 Å². The van der Waals surface area contributed by atoms with Gasteiger partial charge in [0.2, 0.25) is 0 Å². The van der Waals surface area contributed by atoms with Gasteiger partial charge in [0.15, 0.2) is 6.07 Å². The molecule has 0 radical (unpaired) electrons.